The third-order valence-electron chi connectivity index (χ3n) is 2.53. The zero-order chi connectivity index (χ0) is 12.3. The third kappa shape index (κ3) is 2.47. The molecule has 0 unspecified atom stereocenters. The van der Waals surface area contributed by atoms with E-state index >= 15 is 0 Å². The lowest BCUT2D eigenvalue weighted by Gasteiger charge is -2.11. The van der Waals surface area contributed by atoms with Gasteiger partial charge in [0.05, 0.1) is 24.7 Å². The van der Waals surface area contributed by atoms with Crippen LogP contribution in [0, 0.1) is 6.92 Å². The van der Waals surface area contributed by atoms with Crippen molar-refractivity contribution in [3.63, 3.8) is 0 Å². The minimum Gasteiger partial charge on any atom is -0.496 e. The highest BCUT2D eigenvalue weighted by molar-refractivity contribution is 5.72. The summed E-state index contributed by atoms with van der Waals surface area (Å²) in [5.74, 6) is 0.873. The summed E-state index contributed by atoms with van der Waals surface area (Å²) in [6.07, 6.45) is 3.33. The lowest BCUT2D eigenvalue weighted by molar-refractivity contribution is 0.412. The van der Waals surface area contributed by atoms with Gasteiger partial charge in [-0.25, -0.2) is 0 Å². The van der Waals surface area contributed by atoms with E-state index in [0.29, 0.717) is 5.69 Å². The highest BCUT2D eigenvalue weighted by Crippen LogP contribution is 2.26. The number of nitrogen functional groups attached to an aromatic ring is 1. The first-order valence-corrected chi connectivity index (χ1v) is 5.32. The average molecular weight is 229 g/mol. The fraction of sp³-hybridized carbons (Fsp3) is 0.154. The summed E-state index contributed by atoms with van der Waals surface area (Å²) >= 11 is 0. The van der Waals surface area contributed by atoms with Crippen LogP contribution in [0.25, 0.3) is 0 Å². The summed E-state index contributed by atoms with van der Waals surface area (Å²) in [6.45, 7) is 2.00. The molecule has 0 aliphatic carbocycles. The number of hydrogen-bond donors (Lipinski definition) is 2. The largest absolute Gasteiger partial charge is 0.496 e. The van der Waals surface area contributed by atoms with E-state index in [1.54, 1.807) is 19.5 Å². The van der Waals surface area contributed by atoms with Crippen LogP contribution >= 0.6 is 0 Å². The number of nitrogens with two attached hydrogens (primary N) is 1. The first-order valence-electron chi connectivity index (χ1n) is 5.32. The fourth-order valence-corrected chi connectivity index (χ4v) is 1.63. The zero-order valence-corrected chi connectivity index (χ0v) is 9.90. The molecule has 4 nitrogen and oxygen atoms in total. The Bertz CT molecular complexity index is 526. The van der Waals surface area contributed by atoms with Crippen molar-refractivity contribution in [2.24, 2.45) is 0 Å². The van der Waals surface area contributed by atoms with Gasteiger partial charge in [-0.1, -0.05) is 0 Å². The van der Waals surface area contributed by atoms with E-state index in [2.05, 4.69) is 10.3 Å². The van der Waals surface area contributed by atoms with Gasteiger partial charge < -0.3 is 15.8 Å². The topological polar surface area (TPSA) is 60.2 Å². The number of nitrogens with zero attached hydrogens (tertiary/aromatic N) is 1. The molecule has 88 valence electrons. The molecule has 1 heterocycles. The third-order valence-corrected chi connectivity index (χ3v) is 2.53. The smallest absolute Gasteiger partial charge is 0.121 e. The average Bonchev–Trinajstić information content (AvgIpc) is 2.32. The molecular formula is C13H15N3O. The number of nitrogens with one attached hydrogen (secondary N) is 1. The van der Waals surface area contributed by atoms with Crippen LogP contribution in [0.3, 0.4) is 0 Å². The number of ether oxygens (including phenoxy) is 1. The van der Waals surface area contributed by atoms with Gasteiger partial charge in [-0.3, -0.25) is 4.98 Å². The SMILES string of the molecule is COc1ccc(Nc2ccncc2N)cc1C. The number of hydrogen-bond acceptors (Lipinski definition) is 4. The van der Waals surface area contributed by atoms with Crippen LogP contribution in [0.15, 0.2) is 36.7 Å². The molecule has 0 radical (unpaired) electrons. The maximum absolute atomic E-state index is 5.81. The summed E-state index contributed by atoms with van der Waals surface area (Å²) in [6, 6.07) is 7.73. The van der Waals surface area contributed by atoms with Crippen LogP contribution in [0.2, 0.25) is 0 Å². The van der Waals surface area contributed by atoms with Crippen LogP contribution in [0.5, 0.6) is 5.75 Å². The monoisotopic (exact) mass is 229 g/mol. The summed E-state index contributed by atoms with van der Waals surface area (Å²) in [7, 11) is 1.66. The van der Waals surface area contributed by atoms with Crippen molar-refractivity contribution in [3.05, 3.63) is 42.2 Å². The van der Waals surface area contributed by atoms with Gasteiger partial charge in [0.15, 0.2) is 0 Å². The van der Waals surface area contributed by atoms with Crippen molar-refractivity contribution in [1.82, 2.24) is 4.98 Å². The molecule has 0 fully saturated rings. The van der Waals surface area contributed by atoms with Gasteiger partial charge in [0.2, 0.25) is 0 Å². The first kappa shape index (κ1) is 11.3. The molecule has 17 heavy (non-hydrogen) atoms. The number of aromatic nitrogens is 1. The summed E-state index contributed by atoms with van der Waals surface area (Å²) in [5, 5.41) is 3.24. The van der Waals surface area contributed by atoms with E-state index in [9.17, 15) is 0 Å². The van der Waals surface area contributed by atoms with Crippen molar-refractivity contribution in [2.75, 3.05) is 18.2 Å². The second-order valence-electron chi connectivity index (χ2n) is 3.77. The second kappa shape index (κ2) is 4.74. The van der Waals surface area contributed by atoms with Gasteiger partial charge in [-0.05, 0) is 36.8 Å². The Kier molecular flexibility index (Phi) is 3.14. The first-order chi connectivity index (χ1) is 8.20. The Hall–Kier alpha value is -2.23. The Morgan fingerprint density at radius 2 is 2.12 bits per heavy atom. The summed E-state index contributed by atoms with van der Waals surface area (Å²) < 4.78 is 5.21. The molecule has 0 aliphatic rings. The van der Waals surface area contributed by atoms with E-state index in [-0.39, 0.29) is 0 Å². The molecule has 2 aromatic rings. The minimum atomic E-state index is 0.626. The lowest BCUT2D eigenvalue weighted by Crippen LogP contribution is -1.97. The van der Waals surface area contributed by atoms with Crippen LogP contribution in [0.4, 0.5) is 17.1 Å². The number of pyridine rings is 1. The number of anilines is 3. The van der Waals surface area contributed by atoms with Gasteiger partial charge in [0.1, 0.15) is 5.75 Å². The molecule has 1 aromatic carbocycles. The zero-order valence-electron chi connectivity index (χ0n) is 9.90. The summed E-state index contributed by atoms with van der Waals surface area (Å²) in [5.41, 5.74) is 9.34. The predicted octanol–water partition coefficient (Wildman–Crippen LogP) is 2.72. The van der Waals surface area contributed by atoms with Crippen molar-refractivity contribution in [3.8, 4) is 5.75 Å². The van der Waals surface area contributed by atoms with E-state index in [0.717, 1.165) is 22.7 Å². The minimum absolute atomic E-state index is 0.626. The molecule has 0 atom stereocenters. The van der Waals surface area contributed by atoms with Crippen LogP contribution in [-0.2, 0) is 0 Å². The Morgan fingerprint density at radius 1 is 1.29 bits per heavy atom. The number of rotatable bonds is 3. The molecule has 0 saturated heterocycles. The van der Waals surface area contributed by atoms with Gasteiger partial charge in [0.25, 0.3) is 0 Å². The number of methoxy groups -OCH3 is 1. The Labute approximate surface area is 100 Å². The maximum atomic E-state index is 5.81. The van der Waals surface area contributed by atoms with Crippen LogP contribution < -0.4 is 15.8 Å². The molecule has 3 N–H and O–H groups in total. The lowest BCUT2D eigenvalue weighted by atomic mass is 10.2. The van der Waals surface area contributed by atoms with Crippen molar-refractivity contribution >= 4 is 17.1 Å². The highest BCUT2D eigenvalue weighted by atomic mass is 16.5. The standard InChI is InChI=1S/C13H15N3O/c1-9-7-10(3-4-13(9)17-2)16-12-5-6-15-8-11(12)14/h3-8H,14H2,1-2H3,(H,15,16). The Morgan fingerprint density at radius 3 is 2.76 bits per heavy atom. The van der Waals surface area contributed by atoms with E-state index in [4.69, 9.17) is 10.5 Å². The van der Waals surface area contributed by atoms with E-state index in [1.807, 2.05) is 31.2 Å². The van der Waals surface area contributed by atoms with Crippen LogP contribution in [-0.4, -0.2) is 12.1 Å². The van der Waals surface area contributed by atoms with Crippen molar-refractivity contribution in [2.45, 2.75) is 6.92 Å². The van der Waals surface area contributed by atoms with Crippen molar-refractivity contribution in [1.29, 1.82) is 0 Å². The molecule has 0 amide bonds. The molecule has 0 aliphatic heterocycles. The van der Waals surface area contributed by atoms with E-state index < -0.39 is 0 Å². The van der Waals surface area contributed by atoms with E-state index in [1.165, 1.54) is 0 Å². The molecule has 1 aromatic heterocycles. The fourth-order valence-electron chi connectivity index (χ4n) is 1.63. The van der Waals surface area contributed by atoms with Crippen LogP contribution in [0.1, 0.15) is 5.56 Å². The Balaban J connectivity index is 2.25. The molecule has 4 heteroatoms. The maximum Gasteiger partial charge on any atom is 0.121 e. The van der Waals surface area contributed by atoms with Gasteiger partial charge in [-0.15, -0.1) is 0 Å². The normalized spacial score (nSPS) is 10.0. The second-order valence-corrected chi connectivity index (χ2v) is 3.77. The van der Waals surface area contributed by atoms with Crippen molar-refractivity contribution < 1.29 is 4.74 Å². The van der Waals surface area contributed by atoms with Gasteiger partial charge in [0, 0.05) is 11.9 Å². The van der Waals surface area contributed by atoms with Gasteiger partial charge >= 0.3 is 0 Å². The predicted molar refractivity (Wildman–Crippen MR) is 69.7 cm³/mol. The quantitative estimate of drug-likeness (QED) is 0.849. The number of aryl methyl sites for hydroxylation is 1. The molecule has 0 spiro atoms. The molecule has 0 bridgehead atoms. The molecule has 2 rings (SSSR count). The summed E-state index contributed by atoms with van der Waals surface area (Å²) in [4.78, 5) is 3.95. The highest BCUT2D eigenvalue weighted by Gasteiger charge is 2.02. The molecular weight excluding hydrogens is 214 g/mol. The van der Waals surface area contributed by atoms with Gasteiger partial charge in [-0.2, -0.15) is 0 Å². The molecule has 0 saturated carbocycles. The number of benzene rings is 1.